The van der Waals surface area contributed by atoms with Gasteiger partial charge in [-0.3, -0.25) is 9.59 Å². The first kappa shape index (κ1) is 28.1. The molecule has 0 heterocycles. The lowest BCUT2D eigenvalue weighted by Crippen LogP contribution is -2.26. The molecule has 196 valence electrons. The van der Waals surface area contributed by atoms with E-state index in [1.807, 2.05) is 60.7 Å². The third-order valence-electron chi connectivity index (χ3n) is 5.91. The van der Waals surface area contributed by atoms with Gasteiger partial charge in [0.15, 0.2) is 0 Å². The first-order valence-electron chi connectivity index (χ1n) is 12.7. The number of carboxylic acid groups (broad SMARTS) is 1. The van der Waals surface area contributed by atoms with Crippen molar-refractivity contribution < 1.29 is 24.2 Å². The number of benzene rings is 3. The number of halogens is 1. The first-order valence-corrected chi connectivity index (χ1v) is 13.1. The van der Waals surface area contributed by atoms with Crippen molar-refractivity contribution in [3.8, 4) is 11.5 Å². The number of hydrogen-bond acceptors (Lipinski definition) is 4. The van der Waals surface area contributed by atoms with Crippen LogP contribution in [0.4, 0.5) is 0 Å². The Morgan fingerprint density at radius 3 is 2.22 bits per heavy atom. The Balaban J connectivity index is 1.62. The van der Waals surface area contributed by atoms with Crippen LogP contribution < -0.4 is 14.8 Å². The maximum absolute atomic E-state index is 12.3. The number of unbranched alkanes of at least 4 members (excludes halogenated alkanes) is 3. The molecule has 0 fully saturated rings. The normalized spacial score (nSPS) is 11.5. The zero-order valence-electron chi connectivity index (χ0n) is 21.1. The molecule has 1 unspecified atom stereocenters. The lowest BCUT2D eigenvalue weighted by molar-refractivity contribution is -0.136. The second kappa shape index (κ2) is 14.9. The van der Waals surface area contributed by atoms with Gasteiger partial charge in [0.05, 0.1) is 6.42 Å². The van der Waals surface area contributed by atoms with Crippen LogP contribution >= 0.6 is 11.6 Å². The molecule has 1 amide bonds. The average Bonchev–Trinajstić information content (AvgIpc) is 2.90. The van der Waals surface area contributed by atoms with Gasteiger partial charge in [-0.05, 0) is 72.5 Å². The van der Waals surface area contributed by atoms with Crippen molar-refractivity contribution in [3.05, 3.63) is 94.5 Å². The highest BCUT2D eigenvalue weighted by molar-refractivity contribution is 6.30. The number of nitrogens with one attached hydrogen (secondary N) is 1. The Morgan fingerprint density at radius 2 is 1.57 bits per heavy atom. The molecule has 0 saturated heterocycles. The lowest BCUT2D eigenvalue weighted by atomic mass is 10.0. The van der Waals surface area contributed by atoms with Crippen molar-refractivity contribution in [1.29, 1.82) is 0 Å². The van der Waals surface area contributed by atoms with E-state index >= 15 is 0 Å². The number of aliphatic carboxylic acids is 1. The zero-order chi connectivity index (χ0) is 26.5. The summed E-state index contributed by atoms with van der Waals surface area (Å²) in [5.41, 5.74) is 2.51. The van der Waals surface area contributed by atoms with Gasteiger partial charge in [-0.15, -0.1) is 0 Å². The highest BCUT2D eigenvalue weighted by Gasteiger charge is 2.15. The molecule has 3 aromatic carbocycles. The third kappa shape index (κ3) is 9.81. The van der Waals surface area contributed by atoms with E-state index in [1.165, 1.54) is 6.42 Å². The fourth-order valence-corrected chi connectivity index (χ4v) is 3.94. The Bertz CT molecular complexity index is 1110. The van der Waals surface area contributed by atoms with Crippen LogP contribution in [-0.2, 0) is 11.4 Å². The van der Waals surface area contributed by atoms with Crippen molar-refractivity contribution in [3.63, 3.8) is 0 Å². The smallest absolute Gasteiger partial charge is 0.305 e. The molecule has 37 heavy (non-hydrogen) atoms. The second-order valence-corrected chi connectivity index (χ2v) is 9.30. The molecule has 0 aromatic heterocycles. The fourth-order valence-electron chi connectivity index (χ4n) is 3.81. The van der Waals surface area contributed by atoms with Crippen LogP contribution in [-0.4, -0.2) is 23.5 Å². The molecule has 0 bridgehead atoms. The number of carbonyl (C=O) groups is 2. The van der Waals surface area contributed by atoms with Crippen molar-refractivity contribution in [2.24, 2.45) is 0 Å². The van der Waals surface area contributed by atoms with Gasteiger partial charge >= 0.3 is 5.97 Å². The summed E-state index contributed by atoms with van der Waals surface area (Å²) in [5, 5.41) is 12.1. The number of rotatable bonds is 15. The summed E-state index contributed by atoms with van der Waals surface area (Å²) >= 11 is 5.94. The molecule has 7 heteroatoms. The Kier molecular flexibility index (Phi) is 11.3. The summed E-state index contributed by atoms with van der Waals surface area (Å²) in [7, 11) is 0. The maximum atomic E-state index is 12.3. The maximum Gasteiger partial charge on any atom is 0.305 e. The molecule has 0 spiro atoms. The summed E-state index contributed by atoms with van der Waals surface area (Å²) in [6, 6.07) is 22.5. The molecule has 6 nitrogen and oxygen atoms in total. The van der Waals surface area contributed by atoms with Gasteiger partial charge in [0.1, 0.15) is 24.2 Å². The number of ether oxygens (including phenoxy) is 2. The summed E-state index contributed by atoms with van der Waals surface area (Å²) in [5.74, 6) is 0.261. The van der Waals surface area contributed by atoms with Crippen LogP contribution in [0.3, 0.4) is 0 Å². The number of hydrogen-bond donors (Lipinski definition) is 2. The molecule has 0 radical (unpaired) electrons. The fraction of sp³-hybridized carbons (Fsp3) is 0.333. The van der Waals surface area contributed by atoms with E-state index in [0.29, 0.717) is 17.2 Å². The highest BCUT2D eigenvalue weighted by Crippen LogP contribution is 2.29. The minimum absolute atomic E-state index is 0.0957. The Morgan fingerprint density at radius 1 is 0.892 bits per heavy atom. The van der Waals surface area contributed by atoms with Gasteiger partial charge in [0, 0.05) is 17.1 Å². The molecular weight excluding hydrogens is 490 g/mol. The van der Waals surface area contributed by atoms with Gasteiger partial charge in [-0.1, -0.05) is 62.1 Å². The average molecular weight is 524 g/mol. The lowest BCUT2D eigenvalue weighted by Gasteiger charge is -2.20. The van der Waals surface area contributed by atoms with Crippen LogP contribution in [0.2, 0.25) is 5.02 Å². The highest BCUT2D eigenvalue weighted by atomic mass is 35.5. The minimum Gasteiger partial charge on any atom is -0.489 e. The summed E-state index contributed by atoms with van der Waals surface area (Å²) in [6.45, 7) is 2.73. The molecular formula is C30H34ClNO5. The number of carboxylic acids is 1. The van der Waals surface area contributed by atoms with Crippen LogP contribution in [0.25, 0.3) is 0 Å². The van der Waals surface area contributed by atoms with Crippen molar-refractivity contribution in [2.45, 2.75) is 58.2 Å². The number of carbonyl (C=O) groups excluding carboxylic acids is 1. The predicted molar refractivity (Wildman–Crippen MR) is 145 cm³/mol. The Hall–Kier alpha value is -3.51. The molecule has 0 saturated carbocycles. The molecule has 0 aliphatic rings. The summed E-state index contributed by atoms with van der Waals surface area (Å²) in [6.07, 6.45) is 5.12. The molecule has 3 rings (SSSR count). The Labute approximate surface area is 223 Å². The molecule has 0 aliphatic carbocycles. The van der Waals surface area contributed by atoms with Gasteiger partial charge in [-0.25, -0.2) is 0 Å². The molecule has 1 atom stereocenters. The van der Waals surface area contributed by atoms with E-state index < -0.39 is 5.97 Å². The quantitative estimate of drug-likeness (QED) is 0.205. The van der Waals surface area contributed by atoms with E-state index in [9.17, 15) is 9.59 Å². The molecule has 0 aliphatic heterocycles. The van der Waals surface area contributed by atoms with E-state index in [2.05, 4.69) is 12.2 Å². The largest absolute Gasteiger partial charge is 0.489 e. The molecule has 3 aromatic rings. The zero-order valence-corrected chi connectivity index (χ0v) is 21.9. The van der Waals surface area contributed by atoms with Gasteiger partial charge in [0.25, 0.3) is 5.91 Å². The topological polar surface area (TPSA) is 84.9 Å². The van der Waals surface area contributed by atoms with Crippen molar-refractivity contribution >= 4 is 23.5 Å². The van der Waals surface area contributed by atoms with Gasteiger partial charge < -0.3 is 19.9 Å². The molecule has 2 N–H and O–H groups in total. The van der Waals surface area contributed by atoms with Crippen LogP contribution in [0.5, 0.6) is 11.5 Å². The summed E-state index contributed by atoms with van der Waals surface area (Å²) < 4.78 is 12.2. The SMILES string of the molecule is CCCCCCC(Oc1ccc(OCc2ccc(Cl)cc2)cc1)c1ccc(C(=O)NCCC(=O)O)cc1. The monoisotopic (exact) mass is 523 g/mol. The van der Waals surface area contributed by atoms with Crippen LogP contribution in [0, 0.1) is 0 Å². The van der Waals surface area contributed by atoms with E-state index in [4.69, 9.17) is 26.2 Å². The van der Waals surface area contributed by atoms with E-state index in [1.54, 1.807) is 12.1 Å². The van der Waals surface area contributed by atoms with Crippen molar-refractivity contribution in [1.82, 2.24) is 5.32 Å². The van der Waals surface area contributed by atoms with Gasteiger partial charge in [-0.2, -0.15) is 0 Å². The second-order valence-electron chi connectivity index (χ2n) is 8.86. The minimum atomic E-state index is -0.945. The summed E-state index contributed by atoms with van der Waals surface area (Å²) in [4.78, 5) is 22.9. The van der Waals surface area contributed by atoms with Gasteiger partial charge in [0.2, 0.25) is 0 Å². The standard InChI is InChI=1S/C30H34ClNO5/c1-2-3-4-5-6-28(23-9-11-24(12-10-23)30(35)32-20-19-29(33)34)37-27-17-15-26(16-18-27)36-21-22-7-13-25(31)14-8-22/h7-18,28H,2-6,19-21H2,1H3,(H,32,35)(H,33,34). The number of amides is 1. The van der Waals surface area contributed by atoms with Crippen LogP contribution in [0.1, 0.15) is 73.0 Å². The van der Waals surface area contributed by atoms with Crippen LogP contribution in [0.15, 0.2) is 72.8 Å². The first-order chi connectivity index (χ1) is 17.9. The predicted octanol–water partition coefficient (Wildman–Crippen LogP) is 7.21. The van der Waals surface area contributed by atoms with E-state index in [0.717, 1.165) is 48.3 Å². The third-order valence-corrected chi connectivity index (χ3v) is 6.16. The van der Waals surface area contributed by atoms with E-state index in [-0.39, 0.29) is 25.0 Å². The van der Waals surface area contributed by atoms with Crippen molar-refractivity contribution in [2.75, 3.05) is 6.54 Å².